The lowest BCUT2D eigenvalue weighted by Crippen LogP contribution is -2.12. The van der Waals surface area contributed by atoms with Crippen LogP contribution in [0.15, 0.2) is 24.3 Å². The minimum Gasteiger partial charge on any atom is -0.491 e. The largest absolute Gasteiger partial charge is 0.491 e. The van der Waals surface area contributed by atoms with Crippen molar-refractivity contribution >= 4 is 5.97 Å². The average Bonchev–Trinajstić information content (AvgIpc) is 2.15. The molecule has 0 bridgehead atoms. The Labute approximate surface area is 81.8 Å². The van der Waals surface area contributed by atoms with Gasteiger partial charge in [-0.3, -0.25) is 0 Å². The lowest BCUT2D eigenvalue weighted by molar-refractivity contribution is 0.0696. The number of aromatic carboxylic acids is 1. The number of benzene rings is 1. The lowest BCUT2D eigenvalue weighted by atomic mass is 10.2. The monoisotopic (exact) mass is 196 g/mol. The van der Waals surface area contributed by atoms with Crippen LogP contribution in [-0.2, 0) is 0 Å². The molecule has 1 aromatic rings. The van der Waals surface area contributed by atoms with Gasteiger partial charge in [0.2, 0.25) is 0 Å². The van der Waals surface area contributed by atoms with E-state index in [0.29, 0.717) is 5.75 Å². The summed E-state index contributed by atoms with van der Waals surface area (Å²) in [5, 5.41) is 17.6. The first-order valence-corrected chi connectivity index (χ1v) is 4.24. The summed E-state index contributed by atoms with van der Waals surface area (Å²) in [6.45, 7) is 1.75. The average molecular weight is 196 g/mol. The molecule has 1 atom stereocenters. The number of aliphatic hydroxyl groups is 1. The van der Waals surface area contributed by atoms with E-state index < -0.39 is 12.1 Å². The van der Waals surface area contributed by atoms with Crippen molar-refractivity contribution in [2.75, 3.05) is 6.61 Å². The molecule has 0 aliphatic rings. The molecule has 76 valence electrons. The second-order valence-corrected chi connectivity index (χ2v) is 2.99. The fraction of sp³-hybridized carbons (Fsp3) is 0.300. The highest BCUT2D eigenvalue weighted by Crippen LogP contribution is 2.13. The van der Waals surface area contributed by atoms with E-state index in [9.17, 15) is 4.79 Å². The van der Waals surface area contributed by atoms with E-state index in [1.165, 1.54) is 12.1 Å². The fourth-order valence-corrected chi connectivity index (χ4v) is 0.936. The molecule has 0 saturated heterocycles. The third-order valence-corrected chi connectivity index (χ3v) is 1.57. The molecule has 0 aromatic heterocycles. The van der Waals surface area contributed by atoms with Gasteiger partial charge in [-0.15, -0.1) is 0 Å². The van der Waals surface area contributed by atoms with Crippen LogP contribution in [0.25, 0.3) is 0 Å². The van der Waals surface area contributed by atoms with E-state index in [1.807, 2.05) is 0 Å². The predicted octanol–water partition coefficient (Wildman–Crippen LogP) is 1.14. The summed E-state index contributed by atoms with van der Waals surface area (Å²) in [5.74, 6) is -0.543. The molecule has 2 N–H and O–H groups in total. The highest BCUT2D eigenvalue weighted by molar-refractivity contribution is 5.87. The number of carboxylic acids is 1. The van der Waals surface area contributed by atoms with E-state index in [-0.39, 0.29) is 12.2 Å². The number of ether oxygens (including phenoxy) is 1. The molecule has 14 heavy (non-hydrogen) atoms. The van der Waals surface area contributed by atoms with Crippen molar-refractivity contribution in [1.82, 2.24) is 0 Å². The van der Waals surface area contributed by atoms with Crippen LogP contribution in [0, 0.1) is 0 Å². The summed E-state index contributed by atoms with van der Waals surface area (Å²) in [4.78, 5) is 10.6. The highest BCUT2D eigenvalue weighted by Gasteiger charge is 2.04. The zero-order valence-electron chi connectivity index (χ0n) is 7.80. The van der Waals surface area contributed by atoms with E-state index in [0.717, 1.165) is 0 Å². The molecule has 1 rings (SSSR count). The summed E-state index contributed by atoms with van der Waals surface area (Å²) in [6.07, 6.45) is -0.566. The normalized spacial score (nSPS) is 12.1. The Morgan fingerprint density at radius 2 is 2.29 bits per heavy atom. The Hall–Kier alpha value is -1.55. The molecular weight excluding hydrogens is 184 g/mol. The van der Waals surface area contributed by atoms with Gasteiger partial charge in [-0.25, -0.2) is 4.79 Å². The third-order valence-electron chi connectivity index (χ3n) is 1.57. The first-order valence-electron chi connectivity index (χ1n) is 4.24. The van der Waals surface area contributed by atoms with Gasteiger partial charge in [0.15, 0.2) is 0 Å². The van der Waals surface area contributed by atoms with Crippen molar-refractivity contribution in [3.05, 3.63) is 29.8 Å². The quantitative estimate of drug-likeness (QED) is 0.757. The van der Waals surface area contributed by atoms with E-state index in [4.69, 9.17) is 14.9 Å². The second-order valence-electron chi connectivity index (χ2n) is 2.99. The van der Waals surface area contributed by atoms with Gasteiger partial charge in [0.05, 0.1) is 11.7 Å². The van der Waals surface area contributed by atoms with Crippen molar-refractivity contribution in [1.29, 1.82) is 0 Å². The predicted molar refractivity (Wildman–Crippen MR) is 50.6 cm³/mol. The topological polar surface area (TPSA) is 66.8 Å². The van der Waals surface area contributed by atoms with Gasteiger partial charge >= 0.3 is 5.97 Å². The van der Waals surface area contributed by atoms with Gasteiger partial charge in [-0.05, 0) is 25.1 Å². The van der Waals surface area contributed by atoms with Crippen LogP contribution >= 0.6 is 0 Å². The Morgan fingerprint density at radius 1 is 1.57 bits per heavy atom. The summed E-state index contributed by atoms with van der Waals surface area (Å²) >= 11 is 0. The van der Waals surface area contributed by atoms with Crippen molar-refractivity contribution in [3.8, 4) is 5.75 Å². The number of hydrogen-bond acceptors (Lipinski definition) is 3. The number of carbonyl (C=O) groups is 1. The Morgan fingerprint density at radius 3 is 2.86 bits per heavy atom. The van der Waals surface area contributed by atoms with E-state index >= 15 is 0 Å². The second kappa shape index (κ2) is 4.62. The first kappa shape index (κ1) is 10.5. The SMILES string of the molecule is CC(O)COc1cccc(C(=O)O)c1. The Kier molecular flexibility index (Phi) is 3.48. The molecule has 0 heterocycles. The van der Waals surface area contributed by atoms with Crippen molar-refractivity contribution in [2.24, 2.45) is 0 Å². The van der Waals surface area contributed by atoms with Gasteiger partial charge in [-0.2, -0.15) is 0 Å². The number of hydrogen-bond donors (Lipinski definition) is 2. The van der Waals surface area contributed by atoms with Gasteiger partial charge < -0.3 is 14.9 Å². The molecule has 0 spiro atoms. The van der Waals surface area contributed by atoms with Crippen LogP contribution in [0.3, 0.4) is 0 Å². The highest BCUT2D eigenvalue weighted by atomic mass is 16.5. The summed E-state index contributed by atoms with van der Waals surface area (Å²) in [5.41, 5.74) is 0.174. The molecule has 0 radical (unpaired) electrons. The number of carboxylic acid groups (broad SMARTS) is 1. The molecule has 0 amide bonds. The molecule has 1 aromatic carbocycles. The van der Waals surface area contributed by atoms with Crippen molar-refractivity contribution in [2.45, 2.75) is 13.0 Å². The lowest BCUT2D eigenvalue weighted by Gasteiger charge is -2.08. The van der Waals surface area contributed by atoms with E-state index in [2.05, 4.69) is 0 Å². The van der Waals surface area contributed by atoms with E-state index in [1.54, 1.807) is 19.1 Å². The molecule has 0 aliphatic heterocycles. The Balaban J connectivity index is 2.69. The zero-order chi connectivity index (χ0) is 10.6. The standard InChI is InChI=1S/C10H12O4/c1-7(11)6-14-9-4-2-3-8(5-9)10(12)13/h2-5,7,11H,6H2,1H3,(H,12,13). The van der Waals surface area contributed by atoms with Crippen LogP contribution in [0.5, 0.6) is 5.75 Å². The summed E-state index contributed by atoms with van der Waals surface area (Å²) in [6, 6.07) is 6.15. The summed E-state index contributed by atoms with van der Waals surface area (Å²) in [7, 11) is 0. The minimum atomic E-state index is -0.993. The molecule has 0 aliphatic carbocycles. The summed E-state index contributed by atoms with van der Waals surface area (Å²) < 4.78 is 5.14. The molecule has 0 saturated carbocycles. The number of aliphatic hydroxyl groups excluding tert-OH is 1. The van der Waals surface area contributed by atoms with Crippen LogP contribution in [0.4, 0.5) is 0 Å². The van der Waals surface area contributed by atoms with Crippen LogP contribution < -0.4 is 4.74 Å². The fourth-order valence-electron chi connectivity index (χ4n) is 0.936. The zero-order valence-corrected chi connectivity index (χ0v) is 7.80. The molecular formula is C10H12O4. The third kappa shape index (κ3) is 3.06. The van der Waals surface area contributed by atoms with Gasteiger partial charge in [-0.1, -0.05) is 6.07 Å². The van der Waals surface area contributed by atoms with Crippen LogP contribution in [-0.4, -0.2) is 28.9 Å². The van der Waals surface area contributed by atoms with Gasteiger partial charge in [0.25, 0.3) is 0 Å². The van der Waals surface area contributed by atoms with Crippen LogP contribution in [0.1, 0.15) is 17.3 Å². The van der Waals surface area contributed by atoms with Crippen LogP contribution in [0.2, 0.25) is 0 Å². The molecule has 0 fully saturated rings. The maximum Gasteiger partial charge on any atom is 0.335 e. The molecule has 1 unspecified atom stereocenters. The maximum atomic E-state index is 10.6. The minimum absolute atomic E-state index is 0.156. The van der Waals surface area contributed by atoms with Crippen molar-refractivity contribution < 1.29 is 19.7 Å². The Bertz CT molecular complexity index is 320. The molecule has 4 heteroatoms. The smallest absolute Gasteiger partial charge is 0.335 e. The van der Waals surface area contributed by atoms with Crippen molar-refractivity contribution in [3.63, 3.8) is 0 Å². The van der Waals surface area contributed by atoms with Gasteiger partial charge in [0, 0.05) is 0 Å². The number of rotatable bonds is 4. The maximum absolute atomic E-state index is 10.6. The molecule has 4 nitrogen and oxygen atoms in total. The van der Waals surface area contributed by atoms with Gasteiger partial charge in [0.1, 0.15) is 12.4 Å². The first-order chi connectivity index (χ1) is 6.59.